The summed E-state index contributed by atoms with van der Waals surface area (Å²) >= 11 is 0. The molecule has 1 aliphatic heterocycles. The van der Waals surface area contributed by atoms with Crippen LogP contribution in [0.4, 0.5) is 0 Å². The molecule has 2 unspecified atom stereocenters. The molecule has 5 nitrogen and oxygen atoms in total. The summed E-state index contributed by atoms with van der Waals surface area (Å²) in [5, 5.41) is 0. The molecule has 0 bridgehead atoms. The number of hydrogen-bond donors (Lipinski definition) is 3. The summed E-state index contributed by atoms with van der Waals surface area (Å²) in [6.07, 6.45) is 0. The van der Waals surface area contributed by atoms with E-state index in [4.69, 9.17) is 0 Å². The number of nitrogens with zero attached hydrogens (tertiary/aromatic N) is 2. The molecule has 2 heterocycles. The fraction of sp³-hybridized carbons (Fsp3) is 0.500. The average molecular weight is 259 g/mol. The first-order valence-corrected chi connectivity index (χ1v) is 6.83. The van der Waals surface area contributed by atoms with E-state index in [9.17, 15) is 0 Å². The molecule has 3 rings (SSSR count). The number of fused-ring (bicyclic) bond motifs is 1. The van der Waals surface area contributed by atoms with Crippen molar-refractivity contribution in [2.24, 2.45) is 5.92 Å². The molecule has 1 aromatic heterocycles. The SMILES string of the molecule is CC1NNCC1CN(C)Cc1nc2ccccc2[nH]1. The van der Waals surface area contributed by atoms with Crippen LogP contribution >= 0.6 is 0 Å². The summed E-state index contributed by atoms with van der Waals surface area (Å²) in [5.74, 6) is 1.68. The van der Waals surface area contributed by atoms with E-state index in [2.05, 4.69) is 45.8 Å². The van der Waals surface area contributed by atoms with E-state index in [1.54, 1.807) is 0 Å². The summed E-state index contributed by atoms with van der Waals surface area (Å²) in [6, 6.07) is 8.69. The Kier molecular flexibility index (Phi) is 3.50. The summed E-state index contributed by atoms with van der Waals surface area (Å²) in [5.41, 5.74) is 8.63. The lowest BCUT2D eigenvalue weighted by Crippen LogP contribution is -2.33. The van der Waals surface area contributed by atoms with Gasteiger partial charge in [0.2, 0.25) is 0 Å². The van der Waals surface area contributed by atoms with Gasteiger partial charge in [-0.05, 0) is 26.1 Å². The highest BCUT2D eigenvalue weighted by Crippen LogP contribution is 2.13. The van der Waals surface area contributed by atoms with Crippen molar-refractivity contribution in [1.82, 2.24) is 25.7 Å². The van der Waals surface area contributed by atoms with Gasteiger partial charge in [0.1, 0.15) is 5.82 Å². The van der Waals surface area contributed by atoms with Crippen molar-refractivity contribution < 1.29 is 0 Å². The number of imidazole rings is 1. The van der Waals surface area contributed by atoms with Crippen LogP contribution in [0, 0.1) is 5.92 Å². The number of H-pyrrole nitrogens is 1. The minimum atomic E-state index is 0.526. The quantitative estimate of drug-likeness (QED) is 0.770. The second-order valence-electron chi connectivity index (χ2n) is 5.47. The van der Waals surface area contributed by atoms with Gasteiger partial charge in [-0.1, -0.05) is 12.1 Å². The third kappa shape index (κ3) is 2.78. The van der Waals surface area contributed by atoms with Gasteiger partial charge in [-0.3, -0.25) is 15.8 Å². The van der Waals surface area contributed by atoms with Crippen molar-refractivity contribution in [2.75, 3.05) is 20.1 Å². The van der Waals surface area contributed by atoms with E-state index in [1.807, 2.05) is 18.2 Å². The van der Waals surface area contributed by atoms with Crippen LogP contribution in [0.5, 0.6) is 0 Å². The zero-order valence-electron chi connectivity index (χ0n) is 11.5. The van der Waals surface area contributed by atoms with Crippen molar-refractivity contribution >= 4 is 11.0 Å². The van der Waals surface area contributed by atoms with Crippen LogP contribution in [0.2, 0.25) is 0 Å². The highest BCUT2D eigenvalue weighted by molar-refractivity contribution is 5.74. The largest absolute Gasteiger partial charge is 0.341 e. The molecule has 5 heteroatoms. The lowest BCUT2D eigenvalue weighted by molar-refractivity contribution is 0.261. The number of para-hydroxylation sites is 2. The fourth-order valence-corrected chi connectivity index (χ4v) is 2.67. The Morgan fingerprint density at radius 2 is 2.21 bits per heavy atom. The molecular weight excluding hydrogens is 238 g/mol. The predicted molar refractivity (Wildman–Crippen MR) is 76.5 cm³/mol. The Labute approximate surface area is 113 Å². The van der Waals surface area contributed by atoms with Gasteiger partial charge < -0.3 is 4.98 Å². The van der Waals surface area contributed by atoms with Crippen molar-refractivity contribution in [1.29, 1.82) is 0 Å². The van der Waals surface area contributed by atoms with E-state index in [0.717, 1.165) is 36.5 Å². The molecule has 3 N–H and O–H groups in total. The van der Waals surface area contributed by atoms with Crippen LogP contribution in [0.25, 0.3) is 11.0 Å². The van der Waals surface area contributed by atoms with Gasteiger partial charge in [0.05, 0.1) is 17.6 Å². The standard InChI is InChI=1S/C14H21N5/c1-10-11(7-15-18-10)8-19(2)9-14-16-12-5-3-4-6-13(12)17-14/h3-6,10-11,15,18H,7-9H2,1-2H3,(H,16,17). The summed E-state index contributed by atoms with van der Waals surface area (Å²) in [6.45, 7) is 5.18. The maximum atomic E-state index is 4.62. The molecule has 0 aliphatic carbocycles. The van der Waals surface area contributed by atoms with E-state index >= 15 is 0 Å². The maximum Gasteiger partial charge on any atom is 0.121 e. The Hall–Kier alpha value is -1.43. The lowest BCUT2D eigenvalue weighted by Gasteiger charge is -2.21. The molecule has 1 saturated heterocycles. The Morgan fingerprint density at radius 1 is 1.37 bits per heavy atom. The second kappa shape index (κ2) is 5.28. The van der Waals surface area contributed by atoms with Crippen molar-refractivity contribution in [3.05, 3.63) is 30.1 Å². The van der Waals surface area contributed by atoms with Crippen LogP contribution in [-0.2, 0) is 6.54 Å². The van der Waals surface area contributed by atoms with Crippen LogP contribution in [0.3, 0.4) is 0 Å². The van der Waals surface area contributed by atoms with Gasteiger partial charge in [-0.25, -0.2) is 4.98 Å². The third-order valence-electron chi connectivity index (χ3n) is 3.81. The number of hydrogen-bond acceptors (Lipinski definition) is 4. The first-order chi connectivity index (χ1) is 9.22. The molecule has 19 heavy (non-hydrogen) atoms. The summed E-state index contributed by atoms with van der Waals surface area (Å²) in [4.78, 5) is 10.3. The number of aromatic amines is 1. The highest BCUT2D eigenvalue weighted by atomic mass is 15.4. The van der Waals surface area contributed by atoms with Gasteiger partial charge >= 0.3 is 0 Å². The van der Waals surface area contributed by atoms with Crippen LogP contribution in [-0.4, -0.2) is 41.0 Å². The number of rotatable bonds is 4. The molecular formula is C14H21N5. The van der Waals surface area contributed by atoms with E-state index in [0.29, 0.717) is 12.0 Å². The molecule has 2 atom stereocenters. The summed E-state index contributed by atoms with van der Waals surface area (Å²) < 4.78 is 0. The molecule has 2 aromatic rings. The van der Waals surface area contributed by atoms with Crippen LogP contribution < -0.4 is 10.9 Å². The minimum absolute atomic E-state index is 0.526. The van der Waals surface area contributed by atoms with Gasteiger partial charge in [0.15, 0.2) is 0 Å². The normalized spacial score (nSPS) is 23.5. The minimum Gasteiger partial charge on any atom is -0.341 e. The average Bonchev–Trinajstić information content (AvgIpc) is 2.95. The van der Waals surface area contributed by atoms with Crippen LogP contribution in [0.1, 0.15) is 12.7 Å². The summed E-state index contributed by atoms with van der Waals surface area (Å²) in [7, 11) is 2.15. The molecule has 0 amide bonds. The topological polar surface area (TPSA) is 56.0 Å². The van der Waals surface area contributed by atoms with E-state index in [-0.39, 0.29) is 0 Å². The maximum absolute atomic E-state index is 4.62. The second-order valence-corrected chi connectivity index (χ2v) is 5.47. The van der Waals surface area contributed by atoms with E-state index in [1.165, 1.54) is 0 Å². The van der Waals surface area contributed by atoms with Gasteiger partial charge in [-0.15, -0.1) is 0 Å². The van der Waals surface area contributed by atoms with Gasteiger partial charge in [-0.2, -0.15) is 0 Å². The molecule has 1 aliphatic rings. The smallest absolute Gasteiger partial charge is 0.121 e. The Morgan fingerprint density at radius 3 is 2.95 bits per heavy atom. The van der Waals surface area contributed by atoms with Crippen LogP contribution in [0.15, 0.2) is 24.3 Å². The zero-order valence-corrected chi connectivity index (χ0v) is 11.5. The molecule has 0 spiro atoms. The monoisotopic (exact) mass is 259 g/mol. The van der Waals surface area contributed by atoms with Crippen molar-refractivity contribution in [2.45, 2.75) is 19.5 Å². The molecule has 0 saturated carbocycles. The highest BCUT2D eigenvalue weighted by Gasteiger charge is 2.23. The molecule has 102 valence electrons. The first-order valence-electron chi connectivity index (χ1n) is 6.83. The predicted octanol–water partition coefficient (Wildman–Crippen LogP) is 1.11. The van der Waals surface area contributed by atoms with Gasteiger partial charge in [0.25, 0.3) is 0 Å². The number of aromatic nitrogens is 2. The third-order valence-corrected chi connectivity index (χ3v) is 3.81. The molecule has 1 fully saturated rings. The molecule has 1 aromatic carbocycles. The Bertz CT molecular complexity index is 517. The van der Waals surface area contributed by atoms with Gasteiger partial charge in [0, 0.05) is 25.0 Å². The van der Waals surface area contributed by atoms with Crippen molar-refractivity contribution in [3.8, 4) is 0 Å². The van der Waals surface area contributed by atoms with E-state index < -0.39 is 0 Å². The number of benzene rings is 1. The molecule has 0 radical (unpaired) electrons. The zero-order chi connectivity index (χ0) is 13.2. The van der Waals surface area contributed by atoms with Crippen molar-refractivity contribution in [3.63, 3.8) is 0 Å². The fourth-order valence-electron chi connectivity index (χ4n) is 2.67. The number of hydrazine groups is 1. The lowest BCUT2D eigenvalue weighted by atomic mass is 10.0. The number of nitrogens with one attached hydrogen (secondary N) is 3. The Balaban J connectivity index is 1.63. The first kappa shape index (κ1) is 12.6.